The highest BCUT2D eigenvalue weighted by atomic mass is 79.9. The molecule has 4 rings (SSSR count). The molecule has 0 radical (unpaired) electrons. The van der Waals surface area contributed by atoms with Crippen LogP contribution in [0.15, 0.2) is 40.9 Å². The zero-order valence-corrected chi connectivity index (χ0v) is 13.4. The summed E-state index contributed by atoms with van der Waals surface area (Å²) in [6.45, 7) is 0. The SMILES string of the molecule is O=C(Nc1ccc(Br)cc1)[C@@H]1[C@@H](C(=O)[O-])[C@@H]2C=C[C@H]1C21CC1. The normalized spacial score (nSPS) is 33.1. The molecule has 22 heavy (non-hydrogen) atoms. The summed E-state index contributed by atoms with van der Waals surface area (Å²) in [5.74, 6) is -2.53. The molecule has 4 nitrogen and oxygen atoms in total. The first-order valence-electron chi connectivity index (χ1n) is 7.48. The van der Waals surface area contributed by atoms with Crippen LogP contribution in [0.5, 0.6) is 0 Å². The van der Waals surface area contributed by atoms with Crippen LogP contribution in [0.3, 0.4) is 0 Å². The number of carbonyl (C=O) groups excluding carboxylic acids is 2. The Kier molecular flexibility index (Phi) is 2.98. The number of carboxylic acids is 1. The molecule has 0 aliphatic heterocycles. The maximum Gasteiger partial charge on any atom is 0.228 e. The Morgan fingerprint density at radius 1 is 1.09 bits per heavy atom. The Morgan fingerprint density at radius 2 is 1.68 bits per heavy atom. The van der Waals surface area contributed by atoms with E-state index < -0.39 is 17.8 Å². The molecule has 1 aromatic rings. The molecule has 2 fully saturated rings. The summed E-state index contributed by atoms with van der Waals surface area (Å²) >= 11 is 3.35. The second-order valence-corrected chi connectivity index (χ2v) is 7.45. The van der Waals surface area contributed by atoms with Gasteiger partial charge in [-0.25, -0.2) is 0 Å². The number of amides is 1. The van der Waals surface area contributed by atoms with Gasteiger partial charge in [-0.1, -0.05) is 28.1 Å². The van der Waals surface area contributed by atoms with Crippen molar-refractivity contribution in [3.63, 3.8) is 0 Å². The van der Waals surface area contributed by atoms with Crippen molar-refractivity contribution in [1.82, 2.24) is 0 Å². The molecule has 3 aliphatic rings. The Balaban J connectivity index is 1.60. The van der Waals surface area contributed by atoms with Gasteiger partial charge in [0.15, 0.2) is 0 Å². The lowest BCUT2D eigenvalue weighted by Crippen LogP contribution is -2.42. The van der Waals surface area contributed by atoms with E-state index in [-0.39, 0.29) is 23.2 Å². The number of hydrogen-bond acceptors (Lipinski definition) is 3. The number of rotatable bonds is 3. The van der Waals surface area contributed by atoms with Crippen molar-refractivity contribution in [3.05, 3.63) is 40.9 Å². The van der Waals surface area contributed by atoms with Gasteiger partial charge in [-0.2, -0.15) is 0 Å². The number of nitrogens with one attached hydrogen (secondary N) is 1. The number of anilines is 1. The Bertz CT molecular complexity index is 678. The monoisotopic (exact) mass is 360 g/mol. The lowest BCUT2D eigenvalue weighted by Gasteiger charge is -2.27. The number of hydrogen-bond donors (Lipinski definition) is 1. The fourth-order valence-corrected chi connectivity index (χ4v) is 4.70. The van der Waals surface area contributed by atoms with Crippen molar-refractivity contribution in [3.8, 4) is 0 Å². The third kappa shape index (κ3) is 1.88. The molecule has 1 spiro atoms. The van der Waals surface area contributed by atoms with Gasteiger partial charge in [-0.15, -0.1) is 0 Å². The van der Waals surface area contributed by atoms with Crippen molar-refractivity contribution in [1.29, 1.82) is 0 Å². The molecule has 1 aromatic carbocycles. The lowest BCUT2D eigenvalue weighted by molar-refractivity contribution is -0.313. The van der Waals surface area contributed by atoms with Gasteiger partial charge in [0.1, 0.15) is 0 Å². The topological polar surface area (TPSA) is 69.2 Å². The summed E-state index contributed by atoms with van der Waals surface area (Å²) in [5, 5.41) is 14.4. The predicted octanol–water partition coefficient (Wildman–Crippen LogP) is 1.97. The highest BCUT2D eigenvalue weighted by Crippen LogP contribution is 2.71. The molecule has 0 unspecified atom stereocenters. The summed E-state index contributed by atoms with van der Waals surface area (Å²) in [7, 11) is 0. The highest BCUT2D eigenvalue weighted by Gasteiger charge is 2.68. The molecule has 5 heteroatoms. The summed E-state index contributed by atoms with van der Waals surface area (Å²) in [6.07, 6.45) is 6.06. The number of carboxylic acid groups (broad SMARTS) is 1. The summed E-state index contributed by atoms with van der Waals surface area (Å²) in [5.41, 5.74) is 0.703. The molecule has 4 atom stereocenters. The van der Waals surface area contributed by atoms with Gasteiger partial charge >= 0.3 is 0 Å². The van der Waals surface area contributed by atoms with Crippen LogP contribution in [0.4, 0.5) is 5.69 Å². The van der Waals surface area contributed by atoms with E-state index in [1.165, 1.54) is 0 Å². The molecular weight excluding hydrogens is 346 g/mol. The minimum Gasteiger partial charge on any atom is -0.550 e. The van der Waals surface area contributed by atoms with E-state index in [4.69, 9.17) is 0 Å². The van der Waals surface area contributed by atoms with E-state index in [2.05, 4.69) is 21.2 Å². The van der Waals surface area contributed by atoms with Crippen molar-refractivity contribution in [2.75, 3.05) is 5.32 Å². The van der Waals surface area contributed by atoms with Gasteiger partial charge in [-0.05, 0) is 54.4 Å². The molecule has 1 N–H and O–H groups in total. The first kappa shape index (κ1) is 14.0. The third-order valence-corrected chi connectivity index (χ3v) is 6.06. The van der Waals surface area contributed by atoms with Gasteiger partial charge in [0.25, 0.3) is 0 Å². The average molecular weight is 361 g/mol. The molecule has 2 bridgehead atoms. The van der Waals surface area contributed by atoms with Crippen LogP contribution in [0, 0.1) is 29.1 Å². The molecule has 1 amide bonds. The third-order valence-electron chi connectivity index (χ3n) is 5.53. The van der Waals surface area contributed by atoms with Crippen LogP contribution in [0.1, 0.15) is 12.8 Å². The Morgan fingerprint density at radius 3 is 2.23 bits per heavy atom. The number of carbonyl (C=O) groups is 2. The Labute approximate surface area is 136 Å². The first-order chi connectivity index (χ1) is 10.5. The van der Waals surface area contributed by atoms with Crippen LogP contribution >= 0.6 is 15.9 Å². The van der Waals surface area contributed by atoms with E-state index in [1.54, 1.807) is 12.1 Å². The lowest BCUT2D eigenvalue weighted by atomic mass is 9.82. The molecule has 114 valence electrons. The summed E-state index contributed by atoms with van der Waals surface area (Å²) in [6, 6.07) is 7.28. The van der Waals surface area contributed by atoms with Gasteiger partial charge in [0, 0.05) is 22.0 Å². The number of benzene rings is 1. The summed E-state index contributed by atoms with van der Waals surface area (Å²) < 4.78 is 0.929. The van der Waals surface area contributed by atoms with E-state index in [0.717, 1.165) is 17.3 Å². The van der Waals surface area contributed by atoms with Crippen LogP contribution in [-0.4, -0.2) is 11.9 Å². The average Bonchev–Trinajstić information content (AvgIpc) is 3.15. The fourth-order valence-electron chi connectivity index (χ4n) is 4.44. The number of halogens is 1. The highest BCUT2D eigenvalue weighted by molar-refractivity contribution is 9.10. The molecule has 3 aliphatic carbocycles. The second-order valence-electron chi connectivity index (χ2n) is 6.54. The van der Waals surface area contributed by atoms with Crippen LogP contribution in [0.25, 0.3) is 0 Å². The molecule has 0 heterocycles. The Hall–Kier alpha value is -1.62. The predicted molar refractivity (Wildman–Crippen MR) is 82.5 cm³/mol. The van der Waals surface area contributed by atoms with Crippen LogP contribution < -0.4 is 10.4 Å². The van der Waals surface area contributed by atoms with Gasteiger partial charge in [0.05, 0.1) is 5.92 Å². The minimum atomic E-state index is -1.10. The van der Waals surface area contributed by atoms with E-state index in [1.807, 2.05) is 24.3 Å². The smallest absolute Gasteiger partial charge is 0.228 e. The van der Waals surface area contributed by atoms with Crippen molar-refractivity contribution in [2.45, 2.75) is 12.8 Å². The van der Waals surface area contributed by atoms with Gasteiger partial charge < -0.3 is 15.2 Å². The standard InChI is InChI=1S/C17H16BrNO3/c18-9-1-3-10(4-2-9)19-15(20)13-11-5-6-12(14(13)16(21)22)17(11)7-8-17/h1-6,11-14H,7-8H2,(H,19,20)(H,21,22)/p-1/t11-,12+,13+,14+/m1/s1. The van der Waals surface area contributed by atoms with Crippen molar-refractivity contribution < 1.29 is 14.7 Å². The largest absolute Gasteiger partial charge is 0.550 e. The van der Waals surface area contributed by atoms with E-state index in [0.29, 0.717) is 5.69 Å². The second kappa shape index (κ2) is 4.69. The minimum absolute atomic E-state index is 0.0203. The van der Waals surface area contributed by atoms with E-state index >= 15 is 0 Å². The van der Waals surface area contributed by atoms with Gasteiger partial charge in [0.2, 0.25) is 5.91 Å². The maximum absolute atomic E-state index is 12.7. The van der Waals surface area contributed by atoms with Crippen LogP contribution in [0.2, 0.25) is 0 Å². The van der Waals surface area contributed by atoms with Crippen LogP contribution in [-0.2, 0) is 9.59 Å². The number of allylic oxidation sites excluding steroid dienone is 2. The fraction of sp³-hybridized carbons (Fsp3) is 0.412. The molecule has 0 saturated heterocycles. The summed E-state index contributed by atoms with van der Waals surface area (Å²) in [4.78, 5) is 24.3. The zero-order valence-electron chi connectivity index (χ0n) is 11.8. The van der Waals surface area contributed by atoms with E-state index in [9.17, 15) is 14.7 Å². The molecular formula is C17H15BrNO3-. The quantitative estimate of drug-likeness (QED) is 0.837. The number of aliphatic carboxylic acids is 1. The molecule has 0 aromatic heterocycles. The van der Waals surface area contributed by atoms with Gasteiger partial charge in [-0.3, -0.25) is 4.79 Å². The zero-order chi connectivity index (χ0) is 15.5. The maximum atomic E-state index is 12.7. The van der Waals surface area contributed by atoms with Crippen molar-refractivity contribution in [2.24, 2.45) is 29.1 Å². The first-order valence-corrected chi connectivity index (χ1v) is 8.28. The van der Waals surface area contributed by atoms with Crippen molar-refractivity contribution >= 4 is 33.5 Å². The molecule has 2 saturated carbocycles.